The molecule has 12 heteroatoms. The van der Waals surface area contributed by atoms with E-state index >= 15 is 8.78 Å². The maximum atomic E-state index is 15.3. The van der Waals surface area contributed by atoms with Gasteiger partial charge in [0, 0.05) is 6.07 Å². The van der Waals surface area contributed by atoms with E-state index < -0.39 is 53.0 Å². The molecule has 0 aliphatic rings. The molecule has 0 amide bonds. The van der Waals surface area contributed by atoms with Gasteiger partial charge in [-0.05, 0) is 132 Å². The summed E-state index contributed by atoms with van der Waals surface area (Å²) in [6.45, 7) is 4.43. The van der Waals surface area contributed by atoms with E-state index in [0.29, 0.717) is 0 Å². The van der Waals surface area contributed by atoms with Crippen LogP contribution in [-0.2, 0) is 17.6 Å². The van der Waals surface area contributed by atoms with E-state index in [4.69, 9.17) is 23.7 Å². The molecule has 0 unspecified atom stereocenters. The lowest BCUT2D eigenvalue weighted by Gasteiger charge is -2.11. The molecule has 0 bridgehead atoms. The van der Waals surface area contributed by atoms with E-state index in [1.165, 1.54) is 87.5 Å². The lowest BCUT2D eigenvalue weighted by molar-refractivity contribution is 0.0593. The van der Waals surface area contributed by atoms with Crippen LogP contribution in [0.3, 0.4) is 0 Å². The molecule has 0 spiro atoms. The predicted octanol–water partition coefficient (Wildman–Crippen LogP) is 15.8. The van der Waals surface area contributed by atoms with Gasteiger partial charge in [-0.3, -0.25) is 0 Å². The zero-order valence-corrected chi connectivity index (χ0v) is 43.2. The summed E-state index contributed by atoms with van der Waals surface area (Å²) in [7, 11) is 1.11. The zero-order valence-electron chi connectivity index (χ0n) is 43.2. The van der Waals surface area contributed by atoms with Crippen LogP contribution in [0.5, 0.6) is 23.0 Å². The summed E-state index contributed by atoms with van der Waals surface area (Å²) in [4.78, 5) is 65.2. The number of ether oxygens (including phenoxy) is 5. The van der Waals surface area contributed by atoms with E-state index in [0.717, 1.165) is 97.5 Å². The highest BCUT2D eigenvalue weighted by molar-refractivity contribution is 5.96. The number of unbranched alkanes of at least 4 members (excludes halogenated alkanes) is 10. The molecule has 0 radical (unpaired) electrons. The van der Waals surface area contributed by atoms with Crippen molar-refractivity contribution in [2.24, 2.45) is 0 Å². The third kappa shape index (κ3) is 15.9. The van der Waals surface area contributed by atoms with Crippen LogP contribution in [0.1, 0.15) is 154 Å². The molecular formula is C64H62F2O10. The van der Waals surface area contributed by atoms with Gasteiger partial charge in [0.25, 0.3) is 0 Å². The maximum absolute atomic E-state index is 15.3. The summed E-state index contributed by atoms with van der Waals surface area (Å²) >= 11 is 0. The molecule has 10 nitrogen and oxygen atoms in total. The van der Waals surface area contributed by atoms with E-state index in [2.05, 4.69) is 62.4 Å². The van der Waals surface area contributed by atoms with Gasteiger partial charge in [-0.2, -0.15) is 0 Å². The Morgan fingerprint density at radius 3 is 1.03 bits per heavy atom. The van der Waals surface area contributed by atoms with Gasteiger partial charge in [0.05, 0.1) is 34.9 Å². The molecule has 0 atom stereocenters. The largest absolute Gasteiger partial charge is 0.465 e. The molecule has 0 N–H and O–H groups in total. The van der Waals surface area contributed by atoms with Crippen molar-refractivity contribution in [1.82, 2.24) is 0 Å². The van der Waals surface area contributed by atoms with Crippen molar-refractivity contribution in [3.8, 4) is 45.3 Å². The van der Waals surface area contributed by atoms with Gasteiger partial charge >= 0.3 is 29.8 Å². The smallest absolute Gasteiger partial charge is 0.343 e. The van der Waals surface area contributed by atoms with Crippen LogP contribution >= 0.6 is 0 Å². The number of halogens is 2. The minimum absolute atomic E-state index is 0.185. The minimum Gasteiger partial charge on any atom is -0.465 e. The van der Waals surface area contributed by atoms with Gasteiger partial charge < -0.3 is 23.7 Å². The molecule has 7 aromatic carbocycles. The number of methoxy groups -OCH3 is 1. The van der Waals surface area contributed by atoms with Crippen LogP contribution in [-0.4, -0.2) is 37.0 Å². The lowest BCUT2D eigenvalue weighted by atomic mass is 10.00. The number of benzene rings is 7. The van der Waals surface area contributed by atoms with Gasteiger partial charge in [0.15, 0.2) is 23.1 Å². The Balaban J connectivity index is 0.917. The summed E-state index contributed by atoms with van der Waals surface area (Å²) in [5, 5.41) is 0. The summed E-state index contributed by atoms with van der Waals surface area (Å²) < 4.78 is 57.0. The normalized spacial score (nSPS) is 10.9. The number of hydrogen-bond acceptors (Lipinski definition) is 10. The predicted molar refractivity (Wildman–Crippen MR) is 288 cm³/mol. The average Bonchev–Trinajstić information content (AvgIpc) is 3.44. The van der Waals surface area contributed by atoms with Crippen molar-refractivity contribution < 1.29 is 56.4 Å². The van der Waals surface area contributed by atoms with Crippen LogP contribution in [0.15, 0.2) is 152 Å². The van der Waals surface area contributed by atoms with Crippen LogP contribution < -0.4 is 18.9 Å². The van der Waals surface area contributed by atoms with Crippen molar-refractivity contribution in [2.75, 3.05) is 7.11 Å². The molecule has 0 aliphatic heterocycles. The Bertz CT molecular complexity index is 2890. The molecule has 7 rings (SSSR count). The third-order valence-corrected chi connectivity index (χ3v) is 12.9. The fourth-order valence-corrected chi connectivity index (χ4v) is 8.54. The van der Waals surface area contributed by atoms with E-state index in [1.54, 1.807) is 48.5 Å². The molecule has 0 fully saturated rings. The standard InChI is InChI=1S/C64H62F2O10/c1-4-6-8-10-12-14-16-43-18-22-45(23-19-43)47-26-30-49(31-27-47)61(68)75-58-36-34-51(40-56(58)65)63(70)73-54-38-53(60(67)72-3)39-55(42-54)74-64(71)52-35-37-59(57(66)41-52)76-62(69)50-32-28-48(29-33-50)46-24-20-44(21-25-46)17-15-13-11-9-7-5-2/h18-42H,4-17H2,1-3H3. The second-order valence-electron chi connectivity index (χ2n) is 18.6. The molecule has 392 valence electrons. The highest BCUT2D eigenvalue weighted by atomic mass is 19.1. The first-order valence-corrected chi connectivity index (χ1v) is 26.0. The number of esters is 5. The lowest BCUT2D eigenvalue weighted by Crippen LogP contribution is -2.13. The first-order valence-electron chi connectivity index (χ1n) is 26.0. The van der Waals surface area contributed by atoms with Crippen LogP contribution in [0.2, 0.25) is 0 Å². The average molecular weight is 1030 g/mol. The van der Waals surface area contributed by atoms with Gasteiger partial charge in [-0.1, -0.05) is 151 Å². The van der Waals surface area contributed by atoms with Crippen molar-refractivity contribution in [3.05, 3.63) is 202 Å². The van der Waals surface area contributed by atoms with Crippen molar-refractivity contribution in [1.29, 1.82) is 0 Å². The topological polar surface area (TPSA) is 132 Å². The molecule has 0 saturated heterocycles. The Morgan fingerprint density at radius 1 is 0.342 bits per heavy atom. The zero-order chi connectivity index (χ0) is 53.8. The molecule has 76 heavy (non-hydrogen) atoms. The fraction of sp³-hybridized carbons (Fsp3) is 0.266. The van der Waals surface area contributed by atoms with Crippen molar-refractivity contribution in [2.45, 2.75) is 104 Å². The number of aryl methyl sites for hydroxylation is 2. The van der Waals surface area contributed by atoms with Gasteiger partial charge in [-0.15, -0.1) is 0 Å². The second kappa shape index (κ2) is 27.9. The van der Waals surface area contributed by atoms with Crippen molar-refractivity contribution >= 4 is 29.8 Å². The Labute approximate surface area is 443 Å². The Kier molecular flexibility index (Phi) is 20.4. The monoisotopic (exact) mass is 1030 g/mol. The van der Waals surface area contributed by atoms with Crippen LogP contribution in [0.4, 0.5) is 8.78 Å². The quantitative estimate of drug-likeness (QED) is 0.0310. The highest BCUT2D eigenvalue weighted by Gasteiger charge is 2.21. The van der Waals surface area contributed by atoms with Crippen LogP contribution in [0.25, 0.3) is 22.3 Å². The minimum atomic E-state index is -1.08. The summed E-state index contributed by atoms with van der Waals surface area (Å²) in [5.74, 6) is -8.18. The Morgan fingerprint density at radius 2 is 0.671 bits per heavy atom. The first-order chi connectivity index (χ1) is 36.9. The van der Waals surface area contributed by atoms with Crippen LogP contribution in [0, 0.1) is 11.6 Å². The summed E-state index contributed by atoms with van der Waals surface area (Å²) in [6, 6.07) is 39.7. The Hall–Kier alpha value is -8.25. The molecule has 0 aliphatic carbocycles. The molecule has 0 heterocycles. The third-order valence-electron chi connectivity index (χ3n) is 12.9. The number of rotatable bonds is 25. The fourth-order valence-electron chi connectivity index (χ4n) is 8.54. The molecule has 0 aromatic heterocycles. The molecular weight excluding hydrogens is 967 g/mol. The van der Waals surface area contributed by atoms with Gasteiger partial charge in [0.1, 0.15) is 11.5 Å². The van der Waals surface area contributed by atoms with Gasteiger partial charge in [0.2, 0.25) is 0 Å². The maximum Gasteiger partial charge on any atom is 0.343 e. The number of hydrogen-bond donors (Lipinski definition) is 0. The highest BCUT2D eigenvalue weighted by Crippen LogP contribution is 2.29. The summed E-state index contributed by atoms with van der Waals surface area (Å²) in [6.07, 6.45) is 16.9. The SMILES string of the molecule is CCCCCCCCc1ccc(-c2ccc(C(=O)Oc3ccc(C(=O)Oc4cc(OC(=O)c5ccc(OC(=O)c6ccc(-c7ccc(CCCCCCCC)cc7)cc6)c(F)c5)cc(C(=O)OC)c4)cc3F)cc2)cc1. The van der Waals surface area contributed by atoms with E-state index in [9.17, 15) is 24.0 Å². The molecule has 7 aromatic rings. The number of carbonyl (C=O) groups is 5. The number of carbonyl (C=O) groups excluding carboxylic acids is 5. The van der Waals surface area contributed by atoms with E-state index in [1.807, 2.05) is 0 Å². The summed E-state index contributed by atoms with van der Waals surface area (Å²) in [5.41, 5.74) is 5.94. The molecule has 0 saturated carbocycles. The van der Waals surface area contributed by atoms with Crippen molar-refractivity contribution in [3.63, 3.8) is 0 Å². The first kappa shape index (κ1) is 55.5. The van der Waals surface area contributed by atoms with E-state index in [-0.39, 0.29) is 39.3 Å². The second-order valence-corrected chi connectivity index (χ2v) is 18.6. The van der Waals surface area contributed by atoms with Gasteiger partial charge in [-0.25, -0.2) is 32.8 Å².